The van der Waals surface area contributed by atoms with Crippen LogP contribution in [0.1, 0.15) is 24.8 Å². The fraction of sp³-hybridized carbons (Fsp3) is 0.333. The first-order valence-corrected chi connectivity index (χ1v) is 6.55. The number of rotatable bonds is 3. The Morgan fingerprint density at radius 3 is 2.85 bits per heavy atom. The van der Waals surface area contributed by atoms with Gasteiger partial charge < -0.3 is 10.0 Å². The molecule has 1 aromatic rings. The molecule has 1 aliphatic rings. The summed E-state index contributed by atoms with van der Waals surface area (Å²) in [5.74, 6) is -1.69. The Morgan fingerprint density at radius 2 is 2.15 bits per heavy atom. The summed E-state index contributed by atoms with van der Waals surface area (Å²) in [6.07, 6.45) is 4.90. The molecule has 20 heavy (non-hydrogen) atoms. The van der Waals surface area contributed by atoms with Crippen LogP contribution in [0.15, 0.2) is 30.3 Å². The summed E-state index contributed by atoms with van der Waals surface area (Å²) in [5.41, 5.74) is 0.572. The number of carbonyl (C=O) groups is 2. The SMILES string of the molecule is O=C(O)[C@@H]1CCCCN1C(=O)C=Cc1cccc(F)c1. The standard InChI is InChI=1S/C15H16FNO3/c16-12-5-3-4-11(10-12)7-8-14(18)17-9-2-1-6-13(17)15(19)20/h3-5,7-8,10,13H,1-2,6,9H2,(H,19,20)/t13-/m0/s1. The lowest BCUT2D eigenvalue weighted by Crippen LogP contribution is -2.47. The maximum Gasteiger partial charge on any atom is 0.326 e. The molecule has 0 saturated carbocycles. The third-order valence-electron chi connectivity index (χ3n) is 3.34. The second-order valence-electron chi connectivity index (χ2n) is 4.77. The quantitative estimate of drug-likeness (QED) is 0.862. The average molecular weight is 277 g/mol. The molecule has 1 N–H and O–H groups in total. The normalized spacial score (nSPS) is 19.2. The van der Waals surface area contributed by atoms with Crippen LogP contribution in [0.5, 0.6) is 0 Å². The fourth-order valence-electron chi connectivity index (χ4n) is 2.33. The number of aliphatic carboxylic acids is 1. The summed E-state index contributed by atoms with van der Waals surface area (Å²) in [6.45, 7) is 0.448. The molecule has 106 valence electrons. The van der Waals surface area contributed by atoms with Gasteiger partial charge in [-0.3, -0.25) is 4.79 Å². The highest BCUT2D eigenvalue weighted by molar-refractivity contribution is 5.94. The predicted octanol–water partition coefficient (Wildman–Crippen LogP) is 2.30. The Balaban J connectivity index is 2.08. The third kappa shape index (κ3) is 3.44. The minimum Gasteiger partial charge on any atom is -0.480 e. The Morgan fingerprint density at radius 1 is 1.35 bits per heavy atom. The number of carboxylic acids is 1. The Bertz CT molecular complexity index is 542. The number of amides is 1. The highest BCUT2D eigenvalue weighted by Crippen LogP contribution is 2.18. The van der Waals surface area contributed by atoms with Crippen LogP contribution in [-0.4, -0.2) is 34.5 Å². The van der Waals surface area contributed by atoms with Gasteiger partial charge in [-0.2, -0.15) is 0 Å². The fourth-order valence-corrected chi connectivity index (χ4v) is 2.33. The van der Waals surface area contributed by atoms with Crippen LogP contribution in [0.25, 0.3) is 6.08 Å². The van der Waals surface area contributed by atoms with E-state index in [-0.39, 0.29) is 11.7 Å². The Hall–Kier alpha value is -2.17. The van der Waals surface area contributed by atoms with Gasteiger partial charge in [0.2, 0.25) is 5.91 Å². The molecule has 1 saturated heterocycles. The van der Waals surface area contributed by atoms with Crippen molar-refractivity contribution in [3.05, 3.63) is 41.7 Å². The number of carbonyl (C=O) groups excluding carboxylic acids is 1. The zero-order chi connectivity index (χ0) is 14.5. The lowest BCUT2D eigenvalue weighted by molar-refractivity contribution is -0.150. The first-order chi connectivity index (χ1) is 9.58. The lowest BCUT2D eigenvalue weighted by atomic mass is 10.0. The lowest BCUT2D eigenvalue weighted by Gasteiger charge is -2.32. The number of halogens is 1. The van der Waals surface area contributed by atoms with E-state index in [0.29, 0.717) is 18.5 Å². The van der Waals surface area contributed by atoms with Crippen LogP contribution in [0.2, 0.25) is 0 Å². The van der Waals surface area contributed by atoms with E-state index in [9.17, 15) is 14.0 Å². The van der Waals surface area contributed by atoms with Gasteiger partial charge in [0.15, 0.2) is 0 Å². The molecule has 5 heteroatoms. The Labute approximate surface area is 116 Å². The number of nitrogens with zero attached hydrogens (tertiary/aromatic N) is 1. The summed E-state index contributed by atoms with van der Waals surface area (Å²) in [6, 6.07) is 5.12. The topological polar surface area (TPSA) is 57.6 Å². The van der Waals surface area contributed by atoms with Crippen LogP contribution >= 0.6 is 0 Å². The van der Waals surface area contributed by atoms with Gasteiger partial charge in [0.1, 0.15) is 11.9 Å². The molecule has 1 fully saturated rings. The number of carboxylic acid groups (broad SMARTS) is 1. The highest BCUT2D eigenvalue weighted by Gasteiger charge is 2.30. The number of hydrogen-bond donors (Lipinski definition) is 1. The molecule has 0 unspecified atom stereocenters. The van der Waals surface area contributed by atoms with E-state index < -0.39 is 12.0 Å². The molecular weight excluding hydrogens is 261 g/mol. The molecule has 1 amide bonds. The third-order valence-corrected chi connectivity index (χ3v) is 3.34. The molecule has 0 bridgehead atoms. The van der Waals surface area contributed by atoms with Crippen molar-refractivity contribution in [3.8, 4) is 0 Å². The number of likely N-dealkylation sites (tertiary alicyclic amines) is 1. The van der Waals surface area contributed by atoms with Gasteiger partial charge in [-0.1, -0.05) is 12.1 Å². The summed E-state index contributed by atoms with van der Waals surface area (Å²) in [7, 11) is 0. The van der Waals surface area contributed by atoms with Crippen LogP contribution in [0.3, 0.4) is 0 Å². The monoisotopic (exact) mass is 277 g/mol. The van der Waals surface area contributed by atoms with E-state index in [1.165, 1.54) is 29.2 Å². The maximum absolute atomic E-state index is 13.0. The highest BCUT2D eigenvalue weighted by atomic mass is 19.1. The smallest absolute Gasteiger partial charge is 0.326 e. The van der Waals surface area contributed by atoms with E-state index in [4.69, 9.17) is 5.11 Å². The second-order valence-corrected chi connectivity index (χ2v) is 4.77. The zero-order valence-corrected chi connectivity index (χ0v) is 11.0. The van der Waals surface area contributed by atoms with Crippen LogP contribution in [0, 0.1) is 5.82 Å². The molecule has 1 atom stereocenters. The number of piperidine rings is 1. The van der Waals surface area contributed by atoms with E-state index in [2.05, 4.69) is 0 Å². The van der Waals surface area contributed by atoms with Gasteiger partial charge in [0, 0.05) is 12.6 Å². The molecular formula is C15H16FNO3. The molecule has 2 rings (SSSR count). The van der Waals surface area contributed by atoms with Crippen molar-refractivity contribution in [1.29, 1.82) is 0 Å². The molecule has 4 nitrogen and oxygen atoms in total. The van der Waals surface area contributed by atoms with E-state index in [1.54, 1.807) is 12.1 Å². The van der Waals surface area contributed by atoms with Gasteiger partial charge in [0.25, 0.3) is 0 Å². The summed E-state index contributed by atoms with van der Waals surface area (Å²) in [5, 5.41) is 9.11. The van der Waals surface area contributed by atoms with Gasteiger partial charge >= 0.3 is 5.97 Å². The van der Waals surface area contributed by atoms with Crippen molar-refractivity contribution in [2.24, 2.45) is 0 Å². The van der Waals surface area contributed by atoms with Crippen molar-refractivity contribution < 1.29 is 19.1 Å². The van der Waals surface area contributed by atoms with E-state index in [1.807, 2.05) is 0 Å². The largest absolute Gasteiger partial charge is 0.480 e. The second kappa shape index (κ2) is 6.32. The number of benzene rings is 1. The molecule has 0 aromatic heterocycles. The molecule has 1 heterocycles. The minimum atomic E-state index is -0.975. The van der Waals surface area contributed by atoms with Crippen molar-refractivity contribution in [2.75, 3.05) is 6.54 Å². The van der Waals surface area contributed by atoms with Crippen molar-refractivity contribution >= 4 is 18.0 Å². The van der Waals surface area contributed by atoms with Crippen LogP contribution in [0.4, 0.5) is 4.39 Å². The minimum absolute atomic E-state index is 0.346. The van der Waals surface area contributed by atoms with Gasteiger partial charge in [-0.15, -0.1) is 0 Å². The van der Waals surface area contributed by atoms with Gasteiger partial charge in [0.05, 0.1) is 0 Å². The molecule has 0 aliphatic carbocycles. The van der Waals surface area contributed by atoms with Crippen molar-refractivity contribution in [3.63, 3.8) is 0 Å². The van der Waals surface area contributed by atoms with Crippen molar-refractivity contribution in [2.45, 2.75) is 25.3 Å². The first-order valence-electron chi connectivity index (χ1n) is 6.55. The molecule has 0 radical (unpaired) electrons. The summed E-state index contributed by atoms with van der Waals surface area (Å²) < 4.78 is 13.0. The molecule has 1 aliphatic heterocycles. The van der Waals surface area contributed by atoms with Gasteiger partial charge in [-0.05, 0) is 43.0 Å². The molecule has 0 spiro atoms. The number of hydrogen-bond acceptors (Lipinski definition) is 2. The average Bonchev–Trinajstić information content (AvgIpc) is 2.45. The van der Waals surface area contributed by atoms with E-state index in [0.717, 1.165) is 12.8 Å². The predicted molar refractivity (Wildman–Crippen MR) is 72.4 cm³/mol. The van der Waals surface area contributed by atoms with Crippen LogP contribution < -0.4 is 0 Å². The van der Waals surface area contributed by atoms with E-state index >= 15 is 0 Å². The summed E-state index contributed by atoms with van der Waals surface area (Å²) in [4.78, 5) is 24.5. The summed E-state index contributed by atoms with van der Waals surface area (Å²) >= 11 is 0. The van der Waals surface area contributed by atoms with Crippen LogP contribution in [-0.2, 0) is 9.59 Å². The van der Waals surface area contributed by atoms with Crippen molar-refractivity contribution in [1.82, 2.24) is 4.90 Å². The van der Waals surface area contributed by atoms with Gasteiger partial charge in [-0.25, -0.2) is 9.18 Å². The zero-order valence-electron chi connectivity index (χ0n) is 11.0. The first kappa shape index (κ1) is 14.2. The molecule has 1 aromatic carbocycles. The Kier molecular flexibility index (Phi) is 4.50. The maximum atomic E-state index is 13.0.